The molecule has 0 bridgehead atoms. The lowest BCUT2D eigenvalue weighted by Gasteiger charge is -2.25. The fourth-order valence-corrected chi connectivity index (χ4v) is 3.02. The largest absolute Gasteiger partial charge is 0.365 e. The van der Waals surface area contributed by atoms with Crippen molar-refractivity contribution in [3.05, 3.63) is 29.8 Å². The highest BCUT2D eigenvalue weighted by Gasteiger charge is 2.31. The van der Waals surface area contributed by atoms with Crippen molar-refractivity contribution >= 4 is 21.5 Å². The molecule has 1 aliphatic heterocycles. The first-order valence-corrected chi connectivity index (χ1v) is 10.3. The molecule has 1 heterocycles. The van der Waals surface area contributed by atoms with E-state index in [-0.39, 0.29) is 18.3 Å². The molecule has 0 spiro atoms. The summed E-state index contributed by atoms with van der Waals surface area (Å²) in [5, 5.41) is 6.20. The van der Waals surface area contributed by atoms with E-state index in [1.807, 2.05) is 0 Å². The first kappa shape index (κ1) is 20.4. The van der Waals surface area contributed by atoms with Crippen molar-refractivity contribution in [1.29, 1.82) is 0 Å². The third-order valence-electron chi connectivity index (χ3n) is 4.69. The van der Waals surface area contributed by atoms with E-state index in [1.54, 1.807) is 25.8 Å². The lowest BCUT2D eigenvalue weighted by molar-refractivity contribution is 0.542. The smallest absolute Gasteiger partial charge is 0.191 e. The summed E-state index contributed by atoms with van der Waals surface area (Å²) in [5.74, 6) is -0.700. The Morgan fingerprint density at radius 3 is 2.50 bits per heavy atom. The number of guanidine groups is 1. The van der Waals surface area contributed by atoms with Gasteiger partial charge in [-0.2, -0.15) is 0 Å². The van der Waals surface area contributed by atoms with Crippen molar-refractivity contribution in [2.45, 2.75) is 31.1 Å². The molecule has 0 radical (unpaired) electrons. The molecule has 1 atom stereocenters. The molecule has 1 fully saturated rings. The molecule has 146 valence electrons. The van der Waals surface area contributed by atoms with E-state index in [9.17, 15) is 17.2 Å². The van der Waals surface area contributed by atoms with E-state index >= 15 is 0 Å². The van der Waals surface area contributed by atoms with Gasteiger partial charge in [-0.1, -0.05) is 6.07 Å². The molecule has 6 nitrogen and oxygen atoms in total. The van der Waals surface area contributed by atoms with Gasteiger partial charge in [0, 0.05) is 39.0 Å². The molecule has 0 aromatic heterocycles. The Balaban J connectivity index is 1.97. The van der Waals surface area contributed by atoms with Gasteiger partial charge < -0.3 is 15.5 Å². The monoisotopic (exact) mass is 388 g/mol. The number of benzene rings is 1. The van der Waals surface area contributed by atoms with Crippen LogP contribution in [0.2, 0.25) is 0 Å². The van der Waals surface area contributed by atoms with Crippen molar-refractivity contribution in [1.82, 2.24) is 10.6 Å². The van der Waals surface area contributed by atoms with Crippen molar-refractivity contribution < 1.29 is 17.2 Å². The molecule has 2 rings (SSSR count). The Hall–Kier alpha value is -1.90. The first-order chi connectivity index (χ1) is 12.0. The van der Waals surface area contributed by atoms with Gasteiger partial charge in [-0.25, -0.2) is 17.2 Å². The minimum absolute atomic E-state index is 0.0158. The van der Waals surface area contributed by atoms with E-state index < -0.39 is 26.2 Å². The van der Waals surface area contributed by atoms with Crippen LogP contribution >= 0.6 is 0 Å². The van der Waals surface area contributed by atoms with E-state index in [2.05, 4.69) is 15.6 Å². The highest BCUT2D eigenvalue weighted by Crippen LogP contribution is 2.26. The molecule has 2 N–H and O–H groups in total. The zero-order valence-electron chi connectivity index (χ0n) is 15.5. The Kier molecular flexibility index (Phi) is 6.10. The van der Waals surface area contributed by atoms with Gasteiger partial charge in [-0.15, -0.1) is 0 Å². The van der Waals surface area contributed by atoms with E-state index in [0.29, 0.717) is 25.5 Å². The topological polar surface area (TPSA) is 73.8 Å². The van der Waals surface area contributed by atoms with Gasteiger partial charge in [0.15, 0.2) is 15.8 Å². The zero-order valence-corrected chi connectivity index (χ0v) is 16.3. The van der Waals surface area contributed by atoms with Gasteiger partial charge in [0.25, 0.3) is 0 Å². The van der Waals surface area contributed by atoms with Gasteiger partial charge in [0.05, 0.1) is 4.75 Å². The summed E-state index contributed by atoms with van der Waals surface area (Å²) in [7, 11) is -1.64. The fraction of sp³-hybridized carbons (Fsp3) is 0.588. The predicted octanol–water partition coefficient (Wildman–Crippen LogP) is 1.53. The van der Waals surface area contributed by atoms with E-state index in [0.717, 1.165) is 0 Å². The number of hydrogen-bond acceptors (Lipinski definition) is 4. The molecule has 1 unspecified atom stereocenters. The molecule has 1 saturated heterocycles. The molecule has 1 aromatic carbocycles. The molecule has 26 heavy (non-hydrogen) atoms. The lowest BCUT2D eigenvalue weighted by atomic mass is 10.2. The molecule has 0 amide bonds. The van der Waals surface area contributed by atoms with Crippen LogP contribution in [0.25, 0.3) is 0 Å². The maximum Gasteiger partial charge on any atom is 0.191 e. The summed E-state index contributed by atoms with van der Waals surface area (Å²) in [6.07, 6.45) is 1.88. The second kappa shape index (κ2) is 7.77. The van der Waals surface area contributed by atoms with Crippen LogP contribution < -0.4 is 15.5 Å². The highest BCUT2D eigenvalue weighted by molar-refractivity contribution is 7.92. The molecular formula is C17H26F2N4O2S. The van der Waals surface area contributed by atoms with Crippen molar-refractivity contribution in [2.24, 2.45) is 4.99 Å². The summed E-state index contributed by atoms with van der Waals surface area (Å²) >= 11 is 0. The number of aliphatic imine (C=N–C) groups is 1. The van der Waals surface area contributed by atoms with Gasteiger partial charge in [-0.05, 0) is 32.4 Å². The van der Waals surface area contributed by atoms with Crippen LogP contribution in [0.5, 0.6) is 0 Å². The molecule has 1 aliphatic rings. The van der Waals surface area contributed by atoms with Crippen LogP contribution in [0.15, 0.2) is 23.2 Å². The number of sulfone groups is 1. The summed E-state index contributed by atoms with van der Waals surface area (Å²) in [4.78, 5) is 5.77. The number of para-hydroxylation sites is 1. The molecule has 9 heteroatoms. The average Bonchev–Trinajstić information content (AvgIpc) is 2.98. The van der Waals surface area contributed by atoms with Crippen molar-refractivity contribution in [2.75, 3.05) is 37.8 Å². The van der Waals surface area contributed by atoms with Gasteiger partial charge in [0.1, 0.15) is 17.3 Å². The number of anilines is 1. The standard InChI is InChI=1S/C17H26F2N4O2S/c1-17(2,26(4,24)25)11-21-16(20-3)22-12-8-9-23(10-12)15-13(18)6-5-7-14(15)19/h5-7,12H,8-11H2,1-4H3,(H2,20,21,22). The van der Waals surface area contributed by atoms with Crippen LogP contribution in [-0.4, -0.2) is 58.1 Å². The van der Waals surface area contributed by atoms with Crippen LogP contribution in [0.4, 0.5) is 14.5 Å². The Bertz CT molecular complexity index is 761. The van der Waals surface area contributed by atoms with Crippen molar-refractivity contribution in [3.8, 4) is 0 Å². The van der Waals surface area contributed by atoms with Crippen LogP contribution in [0, 0.1) is 11.6 Å². The lowest BCUT2D eigenvalue weighted by Crippen LogP contribution is -2.50. The zero-order chi connectivity index (χ0) is 19.5. The normalized spacial score (nSPS) is 18.9. The maximum atomic E-state index is 13.9. The summed E-state index contributed by atoms with van der Waals surface area (Å²) in [5.41, 5.74) is -0.0158. The van der Waals surface area contributed by atoms with E-state index in [1.165, 1.54) is 24.5 Å². The Labute approximate surface area is 153 Å². The summed E-state index contributed by atoms with van der Waals surface area (Å²) in [6.45, 7) is 4.42. The quantitative estimate of drug-likeness (QED) is 0.591. The number of halogens is 2. The molecule has 0 saturated carbocycles. The minimum atomic E-state index is -3.22. The molecule has 0 aliphatic carbocycles. The number of nitrogens with one attached hydrogen (secondary N) is 2. The first-order valence-electron chi connectivity index (χ1n) is 8.41. The average molecular weight is 388 g/mol. The van der Waals surface area contributed by atoms with Gasteiger partial charge in [-0.3, -0.25) is 4.99 Å². The minimum Gasteiger partial charge on any atom is -0.365 e. The number of rotatable bonds is 5. The fourth-order valence-electron chi connectivity index (χ4n) is 2.69. The van der Waals surface area contributed by atoms with E-state index in [4.69, 9.17) is 0 Å². The SMILES string of the molecule is CN=C(NCC(C)(C)S(C)(=O)=O)NC1CCN(c2c(F)cccc2F)C1. The third-order valence-corrected chi connectivity index (χ3v) is 6.84. The Morgan fingerprint density at radius 2 is 1.96 bits per heavy atom. The second-order valence-electron chi connectivity index (χ2n) is 7.10. The number of hydrogen-bond donors (Lipinski definition) is 2. The second-order valence-corrected chi connectivity index (χ2v) is 9.75. The summed E-state index contributed by atoms with van der Waals surface area (Å²) in [6, 6.07) is 3.77. The predicted molar refractivity (Wildman–Crippen MR) is 100 cm³/mol. The molecule has 1 aromatic rings. The number of nitrogens with zero attached hydrogens (tertiary/aromatic N) is 2. The van der Waals surface area contributed by atoms with Gasteiger partial charge >= 0.3 is 0 Å². The van der Waals surface area contributed by atoms with Crippen LogP contribution in [0.1, 0.15) is 20.3 Å². The third kappa shape index (κ3) is 4.63. The Morgan fingerprint density at radius 1 is 1.35 bits per heavy atom. The van der Waals surface area contributed by atoms with Crippen LogP contribution in [-0.2, 0) is 9.84 Å². The van der Waals surface area contributed by atoms with Crippen molar-refractivity contribution in [3.63, 3.8) is 0 Å². The summed E-state index contributed by atoms with van der Waals surface area (Å²) < 4.78 is 50.5. The van der Waals surface area contributed by atoms with Gasteiger partial charge in [0.2, 0.25) is 0 Å². The van der Waals surface area contributed by atoms with Crippen LogP contribution in [0.3, 0.4) is 0 Å². The highest BCUT2D eigenvalue weighted by atomic mass is 32.2. The molecular weight excluding hydrogens is 362 g/mol. The maximum absolute atomic E-state index is 13.9.